The van der Waals surface area contributed by atoms with Crippen LogP contribution in [0.25, 0.3) is 16.9 Å². The first-order chi connectivity index (χ1) is 14.5. The number of pyridine rings is 1. The molecule has 0 aliphatic carbocycles. The molecule has 3 aromatic rings. The van der Waals surface area contributed by atoms with Gasteiger partial charge in [0.05, 0.1) is 24.6 Å². The fourth-order valence-electron chi connectivity index (χ4n) is 3.40. The van der Waals surface area contributed by atoms with Crippen molar-refractivity contribution in [3.05, 3.63) is 35.5 Å². The van der Waals surface area contributed by atoms with Crippen LogP contribution in [0, 0.1) is 6.92 Å². The van der Waals surface area contributed by atoms with Crippen molar-refractivity contribution in [3.8, 4) is 5.69 Å². The van der Waals surface area contributed by atoms with Crippen molar-refractivity contribution in [1.29, 1.82) is 0 Å². The average Bonchev–Trinajstić information content (AvgIpc) is 3.16. The number of thioether (sulfide) groups is 1. The second-order valence-electron chi connectivity index (χ2n) is 7.51. The van der Waals surface area contributed by atoms with Gasteiger partial charge in [-0.05, 0) is 42.9 Å². The van der Waals surface area contributed by atoms with Crippen molar-refractivity contribution < 1.29 is 9.47 Å². The maximum Gasteiger partial charge on any atom is 0.186 e. The summed E-state index contributed by atoms with van der Waals surface area (Å²) in [5.74, 6) is 0.472. The van der Waals surface area contributed by atoms with Crippen molar-refractivity contribution in [2.24, 2.45) is 0 Å². The predicted molar refractivity (Wildman–Crippen MR) is 123 cm³/mol. The number of hydrogen-bond acceptors (Lipinski definition) is 7. The Kier molecular flexibility index (Phi) is 7.69. The van der Waals surface area contributed by atoms with Crippen LogP contribution in [0.15, 0.2) is 29.2 Å². The highest BCUT2D eigenvalue weighted by molar-refractivity contribution is 7.98. The molecular weight excluding hydrogens is 398 g/mol. The number of aryl methyl sites for hydroxylation is 1. The Morgan fingerprint density at radius 1 is 1.10 bits per heavy atom. The van der Waals surface area contributed by atoms with Gasteiger partial charge in [-0.2, -0.15) is 4.68 Å². The fraction of sp³-hybridized carbons (Fsp3) is 0.500. The van der Waals surface area contributed by atoms with E-state index in [0.29, 0.717) is 19.1 Å². The van der Waals surface area contributed by atoms with Crippen LogP contribution in [-0.2, 0) is 9.47 Å². The Morgan fingerprint density at radius 2 is 1.80 bits per heavy atom. The molecule has 3 rings (SSSR count). The summed E-state index contributed by atoms with van der Waals surface area (Å²) < 4.78 is 12.5. The maximum absolute atomic E-state index is 5.31. The van der Waals surface area contributed by atoms with Gasteiger partial charge < -0.3 is 14.4 Å². The summed E-state index contributed by atoms with van der Waals surface area (Å²) in [6.07, 6.45) is 2.09. The van der Waals surface area contributed by atoms with Gasteiger partial charge in [0.2, 0.25) is 0 Å². The average molecular weight is 430 g/mol. The van der Waals surface area contributed by atoms with Gasteiger partial charge in [-0.1, -0.05) is 25.1 Å². The van der Waals surface area contributed by atoms with Gasteiger partial charge in [-0.3, -0.25) is 0 Å². The zero-order valence-corrected chi connectivity index (χ0v) is 19.5. The number of benzene rings is 1. The van der Waals surface area contributed by atoms with E-state index in [1.807, 2.05) is 11.6 Å². The molecule has 0 spiro atoms. The molecule has 0 fully saturated rings. The number of nitrogens with zero attached hydrogens (tertiary/aromatic N) is 5. The molecule has 1 aromatic carbocycles. The van der Waals surface area contributed by atoms with E-state index in [9.17, 15) is 0 Å². The third kappa shape index (κ3) is 4.77. The Bertz CT molecular complexity index is 981. The largest absolute Gasteiger partial charge is 0.383 e. The van der Waals surface area contributed by atoms with Crippen LogP contribution in [0.3, 0.4) is 0 Å². The second-order valence-corrected chi connectivity index (χ2v) is 8.36. The van der Waals surface area contributed by atoms with Gasteiger partial charge in [0.15, 0.2) is 11.2 Å². The molecule has 0 saturated carbocycles. The molecule has 30 heavy (non-hydrogen) atoms. The third-order valence-electron chi connectivity index (χ3n) is 5.09. The zero-order chi connectivity index (χ0) is 21.7. The highest BCUT2D eigenvalue weighted by Crippen LogP contribution is 2.31. The lowest BCUT2D eigenvalue weighted by Crippen LogP contribution is -2.31. The summed E-state index contributed by atoms with van der Waals surface area (Å²) in [4.78, 5) is 8.17. The molecule has 2 aromatic heterocycles. The van der Waals surface area contributed by atoms with E-state index in [2.05, 4.69) is 59.6 Å². The molecule has 8 heteroatoms. The number of hydrogen-bond donors (Lipinski definition) is 0. The standard InChI is InChI=1S/C22H31N5O2S/c1-15(2)17-7-8-18(20(14-17)30-6)27-22-21(24-25-27)19(13-16(3)23-22)26(9-11-28-4)10-12-29-5/h7-8,13-15H,9-12H2,1-6H3. The first-order valence-electron chi connectivity index (χ1n) is 10.1. The van der Waals surface area contributed by atoms with Gasteiger partial charge in [-0.15, -0.1) is 16.9 Å². The van der Waals surface area contributed by atoms with E-state index >= 15 is 0 Å². The molecule has 0 aliphatic heterocycles. The summed E-state index contributed by atoms with van der Waals surface area (Å²) >= 11 is 1.71. The zero-order valence-electron chi connectivity index (χ0n) is 18.7. The van der Waals surface area contributed by atoms with E-state index in [1.54, 1.807) is 26.0 Å². The minimum Gasteiger partial charge on any atom is -0.383 e. The van der Waals surface area contributed by atoms with Crippen molar-refractivity contribution in [2.45, 2.75) is 31.6 Å². The maximum atomic E-state index is 5.31. The van der Waals surface area contributed by atoms with Gasteiger partial charge in [0.1, 0.15) is 0 Å². The molecule has 0 radical (unpaired) electrons. The first-order valence-corrected chi connectivity index (χ1v) is 11.4. The summed E-state index contributed by atoms with van der Waals surface area (Å²) in [7, 11) is 3.42. The number of ether oxygens (including phenoxy) is 2. The molecule has 162 valence electrons. The Labute approximate surface area is 182 Å². The Balaban J connectivity index is 2.12. The Hall–Kier alpha value is -2.16. The quantitative estimate of drug-likeness (QED) is 0.450. The van der Waals surface area contributed by atoms with Crippen molar-refractivity contribution in [3.63, 3.8) is 0 Å². The van der Waals surface area contributed by atoms with E-state index in [1.165, 1.54) is 5.56 Å². The van der Waals surface area contributed by atoms with Crippen LogP contribution < -0.4 is 4.90 Å². The number of fused-ring (bicyclic) bond motifs is 1. The summed E-state index contributed by atoms with van der Waals surface area (Å²) in [6.45, 7) is 9.13. The summed E-state index contributed by atoms with van der Waals surface area (Å²) in [5.41, 5.74) is 5.78. The molecule has 0 amide bonds. The molecule has 7 nitrogen and oxygen atoms in total. The van der Waals surface area contributed by atoms with E-state index in [-0.39, 0.29) is 0 Å². The van der Waals surface area contributed by atoms with E-state index in [4.69, 9.17) is 14.5 Å². The molecule has 0 saturated heterocycles. The van der Waals surface area contributed by atoms with Crippen LogP contribution in [0.2, 0.25) is 0 Å². The van der Waals surface area contributed by atoms with Crippen molar-refractivity contribution in [2.75, 3.05) is 51.7 Å². The molecule has 0 unspecified atom stereocenters. The number of anilines is 1. The molecular formula is C22H31N5O2S. The minimum atomic E-state index is 0.472. The number of methoxy groups -OCH3 is 2. The van der Waals surface area contributed by atoms with Crippen LogP contribution >= 0.6 is 11.8 Å². The van der Waals surface area contributed by atoms with Crippen LogP contribution in [0.4, 0.5) is 5.69 Å². The van der Waals surface area contributed by atoms with Crippen molar-refractivity contribution >= 4 is 28.6 Å². The SMILES string of the molecule is COCCN(CCOC)c1cc(C)nc2c1nnn2-c1ccc(C(C)C)cc1SC. The predicted octanol–water partition coefficient (Wildman–Crippen LogP) is 4.07. The summed E-state index contributed by atoms with van der Waals surface area (Å²) in [5, 5.41) is 9.02. The second kappa shape index (κ2) is 10.2. The van der Waals surface area contributed by atoms with E-state index < -0.39 is 0 Å². The fourth-order valence-corrected chi connectivity index (χ4v) is 4.01. The lowest BCUT2D eigenvalue weighted by molar-refractivity contribution is 0.190. The van der Waals surface area contributed by atoms with Gasteiger partial charge in [0.25, 0.3) is 0 Å². The van der Waals surface area contributed by atoms with Gasteiger partial charge in [0, 0.05) is 37.9 Å². The first kappa shape index (κ1) is 22.5. The topological polar surface area (TPSA) is 65.3 Å². The number of aromatic nitrogens is 4. The summed E-state index contributed by atoms with van der Waals surface area (Å²) in [6, 6.07) is 8.57. The molecule has 2 heterocycles. The number of rotatable bonds is 10. The smallest absolute Gasteiger partial charge is 0.186 e. The third-order valence-corrected chi connectivity index (χ3v) is 5.85. The molecule has 0 N–H and O–H groups in total. The van der Waals surface area contributed by atoms with Crippen LogP contribution in [-0.4, -0.2) is 66.8 Å². The van der Waals surface area contributed by atoms with Gasteiger partial charge in [-0.25, -0.2) is 4.98 Å². The van der Waals surface area contributed by atoms with Crippen LogP contribution in [0.5, 0.6) is 0 Å². The monoisotopic (exact) mass is 429 g/mol. The van der Waals surface area contributed by atoms with Gasteiger partial charge >= 0.3 is 0 Å². The highest BCUT2D eigenvalue weighted by atomic mass is 32.2. The molecule has 0 atom stereocenters. The van der Waals surface area contributed by atoms with E-state index in [0.717, 1.165) is 46.2 Å². The Morgan fingerprint density at radius 3 is 2.40 bits per heavy atom. The highest BCUT2D eigenvalue weighted by Gasteiger charge is 2.19. The lowest BCUT2D eigenvalue weighted by Gasteiger charge is -2.24. The minimum absolute atomic E-state index is 0.472. The van der Waals surface area contributed by atoms with Crippen molar-refractivity contribution in [1.82, 2.24) is 20.0 Å². The molecule has 0 bridgehead atoms. The van der Waals surface area contributed by atoms with Crippen LogP contribution in [0.1, 0.15) is 31.0 Å². The lowest BCUT2D eigenvalue weighted by atomic mass is 10.0. The molecule has 0 aliphatic rings. The normalized spacial score (nSPS) is 11.6.